The maximum absolute atomic E-state index is 11.0. The zero-order chi connectivity index (χ0) is 13.7. The number of carbonyl (C=O) groups is 1. The van der Waals surface area contributed by atoms with Crippen LogP contribution < -0.4 is 14.2 Å². The summed E-state index contributed by atoms with van der Waals surface area (Å²) in [6.45, 7) is 0. The SMILES string of the molecule is COc1cc(C(OC)C(=O)O)cc(OC)c1OC. The molecule has 0 bridgehead atoms. The number of rotatable bonds is 6. The lowest BCUT2D eigenvalue weighted by atomic mass is 10.1. The Morgan fingerprint density at radius 3 is 1.83 bits per heavy atom. The number of ether oxygens (including phenoxy) is 4. The molecule has 0 saturated heterocycles. The van der Waals surface area contributed by atoms with Crippen LogP contribution in [0, 0.1) is 0 Å². The topological polar surface area (TPSA) is 74.2 Å². The minimum atomic E-state index is -1.09. The van der Waals surface area contributed by atoms with Crippen LogP contribution in [0.2, 0.25) is 0 Å². The van der Waals surface area contributed by atoms with Gasteiger partial charge in [-0.25, -0.2) is 4.79 Å². The summed E-state index contributed by atoms with van der Waals surface area (Å²) in [5.74, 6) is 0.0843. The molecule has 0 amide bonds. The summed E-state index contributed by atoms with van der Waals surface area (Å²) in [5, 5.41) is 9.04. The van der Waals surface area contributed by atoms with E-state index in [1.807, 2.05) is 0 Å². The molecule has 100 valence electrons. The fourth-order valence-electron chi connectivity index (χ4n) is 1.63. The molecule has 6 nitrogen and oxygen atoms in total. The van der Waals surface area contributed by atoms with Gasteiger partial charge in [0.25, 0.3) is 0 Å². The normalized spacial score (nSPS) is 11.8. The molecule has 0 spiro atoms. The predicted molar refractivity (Wildman–Crippen MR) is 63.5 cm³/mol. The van der Waals surface area contributed by atoms with Crippen molar-refractivity contribution in [1.29, 1.82) is 0 Å². The summed E-state index contributed by atoms with van der Waals surface area (Å²) >= 11 is 0. The van der Waals surface area contributed by atoms with E-state index in [1.54, 1.807) is 12.1 Å². The van der Waals surface area contributed by atoms with E-state index in [9.17, 15) is 4.79 Å². The fourth-order valence-corrected chi connectivity index (χ4v) is 1.63. The molecule has 1 rings (SSSR count). The van der Waals surface area contributed by atoms with Crippen molar-refractivity contribution in [3.63, 3.8) is 0 Å². The Kier molecular flexibility index (Phi) is 4.79. The van der Waals surface area contributed by atoms with Crippen LogP contribution in [0.3, 0.4) is 0 Å². The fraction of sp³-hybridized carbons (Fsp3) is 0.417. The number of aliphatic carboxylic acids is 1. The molecule has 1 unspecified atom stereocenters. The molecule has 0 fully saturated rings. The summed E-state index contributed by atoms with van der Waals surface area (Å²) < 4.78 is 20.3. The second kappa shape index (κ2) is 6.11. The largest absolute Gasteiger partial charge is 0.493 e. The molecular formula is C12H16O6. The minimum Gasteiger partial charge on any atom is -0.493 e. The third kappa shape index (κ3) is 2.65. The maximum atomic E-state index is 11.0. The van der Waals surface area contributed by atoms with E-state index in [0.717, 1.165) is 0 Å². The first-order valence-corrected chi connectivity index (χ1v) is 5.14. The number of hydrogen-bond donors (Lipinski definition) is 1. The van der Waals surface area contributed by atoms with E-state index in [0.29, 0.717) is 22.8 Å². The Balaban J connectivity index is 3.34. The van der Waals surface area contributed by atoms with E-state index >= 15 is 0 Å². The highest BCUT2D eigenvalue weighted by Gasteiger charge is 2.23. The second-order valence-corrected chi connectivity index (χ2v) is 3.41. The van der Waals surface area contributed by atoms with Crippen molar-refractivity contribution in [3.05, 3.63) is 17.7 Å². The van der Waals surface area contributed by atoms with Gasteiger partial charge in [0.1, 0.15) is 0 Å². The first-order chi connectivity index (χ1) is 8.58. The van der Waals surface area contributed by atoms with Crippen LogP contribution in [0.4, 0.5) is 0 Å². The molecule has 1 atom stereocenters. The van der Waals surface area contributed by atoms with Crippen molar-refractivity contribution in [2.75, 3.05) is 28.4 Å². The summed E-state index contributed by atoms with van der Waals surface area (Å²) in [6, 6.07) is 3.09. The quantitative estimate of drug-likeness (QED) is 0.831. The van der Waals surface area contributed by atoms with Gasteiger partial charge in [0.05, 0.1) is 21.3 Å². The average Bonchev–Trinajstić information content (AvgIpc) is 2.37. The standard InChI is InChI=1S/C12H16O6/c1-15-8-5-7(10(17-3)12(13)14)6-9(16-2)11(8)18-4/h5-6,10H,1-4H3,(H,13,14). The van der Waals surface area contributed by atoms with Gasteiger partial charge < -0.3 is 24.1 Å². The molecule has 0 heterocycles. The highest BCUT2D eigenvalue weighted by atomic mass is 16.5. The highest BCUT2D eigenvalue weighted by Crippen LogP contribution is 2.40. The van der Waals surface area contributed by atoms with Gasteiger partial charge in [0.2, 0.25) is 5.75 Å². The van der Waals surface area contributed by atoms with E-state index in [2.05, 4.69) is 0 Å². The molecule has 1 aromatic carbocycles. The average molecular weight is 256 g/mol. The third-order valence-electron chi connectivity index (χ3n) is 2.45. The van der Waals surface area contributed by atoms with Crippen molar-refractivity contribution in [2.24, 2.45) is 0 Å². The Hall–Kier alpha value is -1.95. The molecule has 18 heavy (non-hydrogen) atoms. The number of carboxylic acids is 1. The van der Waals surface area contributed by atoms with Crippen LogP contribution in [0.15, 0.2) is 12.1 Å². The smallest absolute Gasteiger partial charge is 0.337 e. The van der Waals surface area contributed by atoms with Crippen molar-refractivity contribution >= 4 is 5.97 Å². The minimum absolute atomic E-state index is 0.384. The number of hydrogen-bond acceptors (Lipinski definition) is 5. The van der Waals surface area contributed by atoms with Gasteiger partial charge in [-0.3, -0.25) is 0 Å². The second-order valence-electron chi connectivity index (χ2n) is 3.41. The van der Waals surface area contributed by atoms with E-state index in [-0.39, 0.29) is 0 Å². The maximum Gasteiger partial charge on any atom is 0.337 e. The molecule has 6 heteroatoms. The summed E-state index contributed by atoms with van der Waals surface area (Å²) in [6.07, 6.45) is -1.08. The number of carboxylic acid groups (broad SMARTS) is 1. The number of benzene rings is 1. The van der Waals surface area contributed by atoms with Crippen LogP contribution in [-0.4, -0.2) is 39.5 Å². The van der Waals surface area contributed by atoms with E-state index in [4.69, 9.17) is 24.1 Å². The van der Waals surface area contributed by atoms with E-state index < -0.39 is 12.1 Å². The van der Waals surface area contributed by atoms with Crippen molar-refractivity contribution < 1.29 is 28.8 Å². The molecule has 0 aliphatic rings. The van der Waals surface area contributed by atoms with Crippen molar-refractivity contribution in [1.82, 2.24) is 0 Å². The Morgan fingerprint density at radius 2 is 1.56 bits per heavy atom. The first-order valence-electron chi connectivity index (χ1n) is 5.14. The summed E-state index contributed by atoms with van der Waals surface area (Å²) in [4.78, 5) is 11.0. The molecule has 1 N–H and O–H groups in total. The van der Waals surface area contributed by atoms with Gasteiger partial charge in [0.15, 0.2) is 17.6 Å². The Labute approximate surface area is 105 Å². The van der Waals surface area contributed by atoms with Crippen LogP contribution in [0.1, 0.15) is 11.7 Å². The third-order valence-corrected chi connectivity index (χ3v) is 2.45. The zero-order valence-corrected chi connectivity index (χ0v) is 10.7. The van der Waals surface area contributed by atoms with E-state index in [1.165, 1.54) is 28.4 Å². The van der Waals surface area contributed by atoms with Gasteiger partial charge in [-0.05, 0) is 17.7 Å². The molecule has 0 aliphatic heterocycles. The van der Waals surface area contributed by atoms with Gasteiger partial charge in [0, 0.05) is 7.11 Å². The lowest BCUT2D eigenvalue weighted by Crippen LogP contribution is -2.14. The monoisotopic (exact) mass is 256 g/mol. The molecule has 0 aromatic heterocycles. The van der Waals surface area contributed by atoms with Crippen LogP contribution in [-0.2, 0) is 9.53 Å². The summed E-state index contributed by atoms with van der Waals surface area (Å²) in [7, 11) is 5.72. The summed E-state index contributed by atoms with van der Waals surface area (Å²) in [5.41, 5.74) is 0.416. The van der Waals surface area contributed by atoms with Gasteiger partial charge >= 0.3 is 5.97 Å². The van der Waals surface area contributed by atoms with Gasteiger partial charge in [-0.2, -0.15) is 0 Å². The van der Waals surface area contributed by atoms with Crippen LogP contribution in [0.5, 0.6) is 17.2 Å². The van der Waals surface area contributed by atoms with Crippen molar-refractivity contribution in [2.45, 2.75) is 6.10 Å². The predicted octanol–water partition coefficient (Wildman–Crippen LogP) is 1.48. The van der Waals surface area contributed by atoms with Crippen molar-refractivity contribution in [3.8, 4) is 17.2 Å². The Morgan fingerprint density at radius 1 is 1.06 bits per heavy atom. The number of methoxy groups -OCH3 is 4. The molecule has 0 radical (unpaired) electrons. The molecular weight excluding hydrogens is 240 g/mol. The first kappa shape index (κ1) is 14.1. The lowest BCUT2D eigenvalue weighted by molar-refractivity contribution is -0.148. The van der Waals surface area contributed by atoms with Gasteiger partial charge in [-0.15, -0.1) is 0 Å². The zero-order valence-electron chi connectivity index (χ0n) is 10.7. The molecule has 1 aromatic rings. The highest BCUT2D eigenvalue weighted by molar-refractivity contribution is 5.75. The Bertz CT molecular complexity index is 404. The van der Waals surface area contributed by atoms with Gasteiger partial charge in [-0.1, -0.05) is 0 Å². The van der Waals surface area contributed by atoms with Crippen LogP contribution >= 0.6 is 0 Å². The molecule has 0 saturated carbocycles. The molecule has 0 aliphatic carbocycles. The lowest BCUT2D eigenvalue weighted by Gasteiger charge is -2.16. The van der Waals surface area contributed by atoms with Crippen LogP contribution in [0.25, 0.3) is 0 Å².